The van der Waals surface area contributed by atoms with Gasteiger partial charge >= 0.3 is 0 Å². The SMILES string of the molecule is CN1CCN(C(=O)C2CCC2)C[C@H](Cc2ccc(-c3cccs3)cc2)C1=O. The van der Waals surface area contributed by atoms with Crippen molar-refractivity contribution in [3.63, 3.8) is 0 Å². The number of nitrogens with zero attached hydrogens (tertiary/aromatic N) is 2. The Morgan fingerprint density at radius 2 is 1.93 bits per heavy atom. The van der Waals surface area contributed by atoms with Gasteiger partial charge in [0.1, 0.15) is 0 Å². The van der Waals surface area contributed by atoms with E-state index in [0.29, 0.717) is 26.1 Å². The molecule has 2 amide bonds. The highest BCUT2D eigenvalue weighted by Gasteiger charge is 2.35. The smallest absolute Gasteiger partial charge is 0.227 e. The molecule has 4 nitrogen and oxygen atoms in total. The van der Waals surface area contributed by atoms with Crippen molar-refractivity contribution in [3.05, 3.63) is 47.3 Å². The Labute approximate surface area is 164 Å². The van der Waals surface area contributed by atoms with E-state index in [2.05, 4.69) is 41.8 Å². The molecule has 1 aliphatic carbocycles. The Balaban J connectivity index is 1.47. The van der Waals surface area contributed by atoms with E-state index in [1.165, 1.54) is 10.4 Å². The number of hydrogen-bond donors (Lipinski definition) is 0. The number of amides is 2. The maximum atomic E-state index is 12.8. The fourth-order valence-electron chi connectivity index (χ4n) is 3.93. The van der Waals surface area contributed by atoms with Gasteiger partial charge in [0, 0.05) is 37.5 Å². The van der Waals surface area contributed by atoms with E-state index in [1.54, 1.807) is 16.2 Å². The van der Waals surface area contributed by atoms with Crippen LogP contribution in [0.25, 0.3) is 10.4 Å². The zero-order valence-corrected chi connectivity index (χ0v) is 16.6. The number of hydrogen-bond acceptors (Lipinski definition) is 3. The first-order valence-electron chi connectivity index (χ1n) is 9.78. The molecular weight excluding hydrogens is 356 g/mol. The minimum absolute atomic E-state index is 0.154. The number of carbonyl (C=O) groups is 2. The van der Waals surface area contributed by atoms with E-state index in [1.807, 2.05) is 11.9 Å². The van der Waals surface area contributed by atoms with E-state index in [0.717, 1.165) is 24.8 Å². The van der Waals surface area contributed by atoms with Gasteiger partial charge in [0.2, 0.25) is 11.8 Å². The summed E-state index contributed by atoms with van der Waals surface area (Å²) in [4.78, 5) is 30.5. The molecule has 5 heteroatoms. The van der Waals surface area contributed by atoms with Gasteiger partial charge in [-0.25, -0.2) is 0 Å². The van der Waals surface area contributed by atoms with Gasteiger partial charge in [0.15, 0.2) is 0 Å². The van der Waals surface area contributed by atoms with Crippen LogP contribution in [0.1, 0.15) is 24.8 Å². The molecule has 0 radical (unpaired) electrons. The van der Waals surface area contributed by atoms with Gasteiger partial charge in [-0.15, -0.1) is 11.3 Å². The van der Waals surface area contributed by atoms with Crippen molar-refractivity contribution in [1.82, 2.24) is 9.80 Å². The lowest BCUT2D eigenvalue weighted by atomic mass is 9.84. The molecule has 1 saturated carbocycles. The highest BCUT2D eigenvalue weighted by molar-refractivity contribution is 7.13. The Morgan fingerprint density at radius 3 is 2.56 bits per heavy atom. The number of likely N-dealkylation sites (N-methyl/N-ethyl adjacent to an activating group) is 1. The standard InChI is InChI=1S/C22H26N2O2S/c1-23-11-12-24(22(26)18-4-2-5-18)15-19(21(23)25)14-16-7-9-17(10-8-16)20-6-3-13-27-20/h3,6-10,13,18-19H,2,4-5,11-12,14-15H2,1H3/t19-/m0/s1. The second-order valence-electron chi connectivity index (χ2n) is 7.75. The summed E-state index contributed by atoms with van der Waals surface area (Å²) in [6, 6.07) is 12.7. The van der Waals surface area contributed by atoms with Gasteiger partial charge in [-0.3, -0.25) is 9.59 Å². The summed E-state index contributed by atoms with van der Waals surface area (Å²) in [6.45, 7) is 1.84. The van der Waals surface area contributed by atoms with Crippen LogP contribution in [0, 0.1) is 11.8 Å². The van der Waals surface area contributed by atoms with Crippen LogP contribution in [0.3, 0.4) is 0 Å². The number of benzene rings is 1. The average Bonchev–Trinajstić information content (AvgIpc) is 3.12. The second-order valence-corrected chi connectivity index (χ2v) is 8.69. The molecule has 0 unspecified atom stereocenters. The maximum Gasteiger partial charge on any atom is 0.227 e. The first kappa shape index (κ1) is 18.2. The van der Waals surface area contributed by atoms with Crippen molar-refractivity contribution in [2.24, 2.45) is 11.8 Å². The minimum atomic E-state index is -0.158. The third kappa shape index (κ3) is 3.93. The number of rotatable bonds is 4. The van der Waals surface area contributed by atoms with Crippen LogP contribution >= 0.6 is 11.3 Å². The largest absolute Gasteiger partial charge is 0.344 e. The van der Waals surface area contributed by atoms with E-state index in [4.69, 9.17) is 0 Å². The van der Waals surface area contributed by atoms with Crippen molar-refractivity contribution in [2.75, 3.05) is 26.7 Å². The Hall–Kier alpha value is -2.14. The van der Waals surface area contributed by atoms with Gasteiger partial charge in [0.05, 0.1) is 5.92 Å². The third-order valence-electron chi connectivity index (χ3n) is 5.88. The summed E-state index contributed by atoms with van der Waals surface area (Å²) >= 11 is 1.73. The van der Waals surface area contributed by atoms with E-state index < -0.39 is 0 Å². The lowest BCUT2D eigenvalue weighted by molar-refractivity contribution is -0.138. The molecule has 2 aromatic rings. The fourth-order valence-corrected chi connectivity index (χ4v) is 4.66. The molecule has 0 bridgehead atoms. The van der Waals surface area contributed by atoms with Crippen LogP contribution in [0.15, 0.2) is 41.8 Å². The predicted molar refractivity (Wildman–Crippen MR) is 109 cm³/mol. The maximum absolute atomic E-state index is 12.8. The van der Waals surface area contributed by atoms with Gasteiger partial charge in [-0.2, -0.15) is 0 Å². The topological polar surface area (TPSA) is 40.6 Å². The summed E-state index contributed by atoms with van der Waals surface area (Å²) in [7, 11) is 1.85. The fraction of sp³-hybridized carbons (Fsp3) is 0.455. The molecule has 1 aromatic heterocycles. The molecular formula is C22H26N2O2S. The highest BCUT2D eigenvalue weighted by Crippen LogP contribution is 2.30. The molecule has 2 aliphatic rings. The van der Waals surface area contributed by atoms with Crippen LogP contribution in [0.4, 0.5) is 0 Å². The molecule has 142 valence electrons. The quantitative estimate of drug-likeness (QED) is 0.809. The zero-order valence-electron chi connectivity index (χ0n) is 15.8. The first-order chi connectivity index (χ1) is 13.1. The van der Waals surface area contributed by atoms with Crippen molar-refractivity contribution in [3.8, 4) is 10.4 Å². The summed E-state index contributed by atoms with van der Waals surface area (Å²) in [6.07, 6.45) is 3.85. The van der Waals surface area contributed by atoms with Crippen LogP contribution in [-0.2, 0) is 16.0 Å². The highest BCUT2D eigenvalue weighted by atomic mass is 32.1. The van der Waals surface area contributed by atoms with Crippen LogP contribution in [-0.4, -0.2) is 48.3 Å². The molecule has 2 heterocycles. The molecule has 1 aromatic carbocycles. The molecule has 2 fully saturated rings. The molecule has 1 atom stereocenters. The number of thiophene rings is 1. The summed E-state index contributed by atoms with van der Waals surface area (Å²) in [5.41, 5.74) is 2.36. The van der Waals surface area contributed by atoms with Crippen molar-refractivity contribution < 1.29 is 9.59 Å². The summed E-state index contributed by atoms with van der Waals surface area (Å²) in [5, 5.41) is 2.08. The molecule has 4 rings (SSSR count). The normalized spacial score (nSPS) is 21.1. The van der Waals surface area contributed by atoms with Crippen molar-refractivity contribution in [1.29, 1.82) is 0 Å². The van der Waals surface area contributed by atoms with E-state index >= 15 is 0 Å². The van der Waals surface area contributed by atoms with Gasteiger partial charge in [-0.05, 0) is 41.8 Å². The lowest BCUT2D eigenvalue weighted by Gasteiger charge is -2.31. The average molecular weight is 383 g/mol. The molecule has 0 spiro atoms. The Bertz CT molecular complexity index is 796. The number of carbonyl (C=O) groups excluding carboxylic acids is 2. The lowest BCUT2D eigenvalue weighted by Crippen LogP contribution is -2.42. The van der Waals surface area contributed by atoms with E-state index in [9.17, 15) is 9.59 Å². The molecule has 1 saturated heterocycles. The van der Waals surface area contributed by atoms with Crippen LogP contribution < -0.4 is 0 Å². The Kier molecular flexibility index (Phi) is 5.30. The van der Waals surface area contributed by atoms with Crippen LogP contribution in [0.5, 0.6) is 0 Å². The van der Waals surface area contributed by atoms with Gasteiger partial charge in [-0.1, -0.05) is 36.8 Å². The van der Waals surface area contributed by atoms with Crippen molar-refractivity contribution >= 4 is 23.2 Å². The summed E-state index contributed by atoms with van der Waals surface area (Å²) in [5.74, 6) is 0.437. The van der Waals surface area contributed by atoms with E-state index in [-0.39, 0.29) is 23.7 Å². The van der Waals surface area contributed by atoms with Gasteiger partial charge < -0.3 is 9.80 Å². The minimum Gasteiger partial charge on any atom is -0.344 e. The molecule has 0 N–H and O–H groups in total. The second kappa shape index (κ2) is 7.85. The van der Waals surface area contributed by atoms with Gasteiger partial charge in [0.25, 0.3) is 0 Å². The van der Waals surface area contributed by atoms with Crippen LogP contribution in [0.2, 0.25) is 0 Å². The predicted octanol–water partition coefficient (Wildman–Crippen LogP) is 3.67. The monoisotopic (exact) mass is 382 g/mol. The van der Waals surface area contributed by atoms with Crippen molar-refractivity contribution in [2.45, 2.75) is 25.7 Å². The third-order valence-corrected chi connectivity index (χ3v) is 6.80. The molecule has 27 heavy (non-hydrogen) atoms. The Morgan fingerprint density at radius 1 is 1.15 bits per heavy atom. The summed E-state index contributed by atoms with van der Waals surface area (Å²) < 4.78 is 0. The zero-order chi connectivity index (χ0) is 18.8. The first-order valence-corrected chi connectivity index (χ1v) is 10.7. The molecule has 1 aliphatic heterocycles.